The average molecular weight is 317 g/mol. The lowest BCUT2D eigenvalue weighted by molar-refractivity contribution is -0.129. The van der Waals surface area contributed by atoms with E-state index in [2.05, 4.69) is 5.32 Å². The molecule has 0 unspecified atom stereocenters. The van der Waals surface area contributed by atoms with Crippen molar-refractivity contribution in [1.29, 1.82) is 0 Å². The van der Waals surface area contributed by atoms with Crippen LogP contribution >= 0.6 is 12.4 Å². The average Bonchev–Trinajstić information content (AvgIpc) is 2.45. The van der Waals surface area contributed by atoms with Crippen molar-refractivity contribution in [2.45, 2.75) is 6.92 Å². The molecule has 0 aromatic heterocycles. The van der Waals surface area contributed by atoms with E-state index in [-0.39, 0.29) is 18.3 Å². The van der Waals surface area contributed by atoms with Crippen LogP contribution in [0.2, 0.25) is 0 Å². The normalized spacial score (nSPS) is 9.86. The maximum Gasteiger partial charge on any atom is 0.236 e. The molecule has 6 heteroatoms. The zero-order chi connectivity index (χ0) is 14.8. The lowest BCUT2D eigenvalue weighted by Crippen LogP contribution is -2.38. The molecular formula is C15H25ClN2O3. The lowest BCUT2D eigenvalue weighted by atomic mass is 10.2. The molecule has 0 aliphatic carbocycles. The summed E-state index contributed by atoms with van der Waals surface area (Å²) < 4.78 is 10.6. The molecule has 0 atom stereocenters. The molecular weight excluding hydrogens is 292 g/mol. The monoisotopic (exact) mass is 316 g/mol. The van der Waals surface area contributed by atoms with E-state index in [4.69, 9.17) is 9.47 Å². The number of benzene rings is 1. The number of hydrogen-bond acceptors (Lipinski definition) is 4. The number of likely N-dealkylation sites (N-methyl/N-ethyl adjacent to an activating group) is 1. The van der Waals surface area contributed by atoms with Crippen LogP contribution in [-0.4, -0.2) is 57.8 Å². The molecule has 0 heterocycles. The Labute approximate surface area is 133 Å². The first-order chi connectivity index (χ1) is 9.65. The quantitative estimate of drug-likeness (QED) is 0.701. The van der Waals surface area contributed by atoms with Gasteiger partial charge in [0.25, 0.3) is 0 Å². The van der Waals surface area contributed by atoms with Crippen LogP contribution in [0.5, 0.6) is 5.75 Å². The Bertz CT molecular complexity index is 416. The Morgan fingerprint density at radius 3 is 2.67 bits per heavy atom. The number of nitrogens with zero attached hydrogens (tertiary/aromatic N) is 1. The van der Waals surface area contributed by atoms with Gasteiger partial charge in [0.15, 0.2) is 0 Å². The number of nitrogens with one attached hydrogen (secondary N) is 1. The second-order valence-electron chi connectivity index (χ2n) is 4.60. The Morgan fingerprint density at radius 1 is 1.29 bits per heavy atom. The summed E-state index contributed by atoms with van der Waals surface area (Å²) in [7, 11) is 3.42. The Morgan fingerprint density at radius 2 is 2.00 bits per heavy atom. The summed E-state index contributed by atoms with van der Waals surface area (Å²) in [6.07, 6.45) is 0. The number of para-hydroxylation sites is 1. The topological polar surface area (TPSA) is 50.8 Å². The molecule has 0 bridgehead atoms. The van der Waals surface area contributed by atoms with E-state index in [9.17, 15) is 4.79 Å². The first-order valence-corrected chi connectivity index (χ1v) is 6.77. The highest BCUT2D eigenvalue weighted by molar-refractivity contribution is 5.85. The van der Waals surface area contributed by atoms with Gasteiger partial charge in [-0.3, -0.25) is 4.79 Å². The minimum atomic E-state index is 0. The highest BCUT2D eigenvalue weighted by atomic mass is 35.5. The molecule has 0 radical (unpaired) electrons. The van der Waals surface area contributed by atoms with Crippen molar-refractivity contribution in [2.24, 2.45) is 0 Å². The molecule has 1 rings (SSSR count). The molecule has 0 aliphatic heterocycles. The minimum Gasteiger partial charge on any atom is -0.491 e. The number of aryl methyl sites for hydroxylation is 1. The van der Waals surface area contributed by atoms with E-state index in [1.165, 1.54) is 0 Å². The number of rotatable bonds is 9. The summed E-state index contributed by atoms with van der Waals surface area (Å²) in [6.45, 7) is 4.67. The number of halogens is 1. The smallest absolute Gasteiger partial charge is 0.236 e. The molecule has 0 aliphatic rings. The van der Waals surface area contributed by atoms with Crippen molar-refractivity contribution >= 4 is 18.3 Å². The van der Waals surface area contributed by atoms with Gasteiger partial charge in [-0.05, 0) is 18.6 Å². The minimum absolute atomic E-state index is 0. The molecule has 120 valence electrons. The third-order valence-electron chi connectivity index (χ3n) is 2.96. The fraction of sp³-hybridized carbons (Fsp3) is 0.533. The Hall–Kier alpha value is -1.30. The number of carbonyl (C=O) groups excluding carboxylic acids is 1. The molecule has 1 aromatic carbocycles. The van der Waals surface area contributed by atoms with Gasteiger partial charge in [-0.15, -0.1) is 12.4 Å². The van der Waals surface area contributed by atoms with E-state index in [1.54, 1.807) is 19.1 Å². The van der Waals surface area contributed by atoms with Crippen LogP contribution in [0.4, 0.5) is 0 Å². The predicted molar refractivity (Wildman–Crippen MR) is 86.3 cm³/mol. The third kappa shape index (κ3) is 7.90. The van der Waals surface area contributed by atoms with Gasteiger partial charge < -0.3 is 19.7 Å². The first-order valence-electron chi connectivity index (χ1n) is 6.77. The predicted octanol–water partition coefficient (Wildman–Crippen LogP) is 1.49. The van der Waals surface area contributed by atoms with Gasteiger partial charge in [0, 0.05) is 20.7 Å². The SMILES string of the molecule is COCCNCC(=O)N(C)CCOc1ccccc1C.Cl. The fourth-order valence-corrected chi connectivity index (χ4v) is 1.64. The van der Waals surface area contributed by atoms with Crippen molar-refractivity contribution in [1.82, 2.24) is 10.2 Å². The molecule has 1 amide bonds. The Balaban J connectivity index is 0.00000400. The van der Waals surface area contributed by atoms with E-state index >= 15 is 0 Å². The van der Waals surface area contributed by atoms with Gasteiger partial charge in [0.05, 0.1) is 19.7 Å². The van der Waals surface area contributed by atoms with E-state index in [0.29, 0.717) is 32.8 Å². The summed E-state index contributed by atoms with van der Waals surface area (Å²) in [5.41, 5.74) is 1.10. The number of amides is 1. The summed E-state index contributed by atoms with van der Waals surface area (Å²) in [5, 5.41) is 3.03. The van der Waals surface area contributed by atoms with Gasteiger partial charge in [0.1, 0.15) is 12.4 Å². The third-order valence-corrected chi connectivity index (χ3v) is 2.96. The van der Waals surface area contributed by atoms with E-state index in [1.807, 2.05) is 31.2 Å². The van der Waals surface area contributed by atoms with Crippen LogP contribution in [-0.2, 0) is 9.53 Å². The molecule has 21 heavy (non-hydrogen) atoms. The molecule has 1 N–H and O–H groups in total. The molecule has 0 saturated heterocycles. The summed E-state index contributed by atoms with van der Waals surface area (Å²) in [5.74, 6) is 0.918. The largest absolute Gasteiger partial charge is 0.491 e. The standard InChI is InChI=1S/C15H24N2O3.ClH/c1-13-6-4-5-7-14(13)20-11-9-17(2)15(18)12-16-8-10-19-3;/h4-7,16H,8-12H2,1-3H3;1H. The maximum atomic E-state index is 11.8. The second kappa shape index (κ2) is 11.4. The number of hydrogen-bond donors (Lipinski definition) is 1. The molecule has 5 nitrogen and oxygen atoms in total. The second-order valence-corrected chi connectivity index (χ2v) is 4.60. The van der Waals surface area contributed by atoms with E-state index < -0.39 is 0 Å². The van der Waals surface area contributed by atoms with Crippen LogP contribution in [0.1, 0.15) is 5.56 Å². The molecule has 0 fully saturated rings. The van der Waals surface area contributed by atoms with Crippen molar-refractivity contribution in [3.63, 3.8) is 0 Å². The van der Waals surface area contributed by atoms with Gasteiger partial charge in [-0.25, -0.2) is 0 Å². The van der Waals surface area contributed by atoms with E-state index in [0.717, 1.165) is 11.3 Å². The van der Waals surface area contributed by atoms with Gasteiger partial charge in [0.2, 0.25) is 5.91 Å². The fourth-order valence-electron chi connectivity index (χ4n) is 1.64. The van der Waals surface area contributed by atoms with Crippen LogP contribution in [0, 0.1) is 6.92 Å². The summed E-state index contributed by atoms with van der Waals surface area (Å²) in [6, 6.07) is 7.85. The zero-order valence-electron chi connectivity index (χ0n) is 12.9. The maximum absolute atomic E-state index is 11.8. The van der Waals surface area contributed by atoms with Crippen molar-refractivity contribution in [2.75, 3.05) is 47.0 Å². The van der Waals surface area contributed by atoms with Gasteiger partial charge in [-0.1, -0.05) is 18.2 Å². The van der Waals surface area contributed by atoms with Gasteiger partial charge in [-0.2, -0.15) is 0 Å². The Kier molecular flexibility index (Phi) is 10.7. The van der Waals surface area contributed by atoms with Crippen LogP contribution in [0.25, 0.3) is 0 Å². The van der Waals surface area contributed by atoms with Crippen LogP contribution in [0.15, 0.2) is 24.3 Å². The van der Waals surface area contributed by atoms with Crippen molar-refractivity contribution in [3.05, 3.63) is 29.8 Å². The van der Waals surface area contributed by atoms with Crippen molar-refractivity contribution in [3.8, 4) is 5.75 Å². The first kappa shape index (κ1) is 19.7. The number of methoxy groups -OCH3 is 1. The highest BCUT2D eigenvalue weighted by Crippen LogP contribution is 2.15. The summed E-state index contributed by atoms with van der Waals surface area (Å²) >= 11 is 0. The molecule has 0 spiro atoms. The van der Waals surface area contributed by atoms with Crippen LogP contribution in [0.3, 0.4) is 0 Å². The number of carbonyl (C=O) groups is 1. The zero-order valence-corrected chi connectivity index (χ0v) is 13.7. The van der Waals surface area contributed by atoms with Crippen molar-refractivity contribution < 1.29 is 14.3 Å². The molecule has 0 saturated carbocycles. The van der Waals surface area contributed by atoms with Crippen LogP contribution < -0.4 is 10.1 Å². The lowest BCUT2D eigenvalue weighted by Gasteiger charge is -2.18. The number of ether oxygens (including phenoxy) is 2. The molecule has 1 aromatic rings. The van der Waals surface area contributed by atoms with Gasteiger partial charge >= 0.3 is 0 Å². The summed E-state index contributed by atoms with van der Waals surface area (Å²) in [4.78, 5) is 13.4. The highest BCUT2D eigenvalue weighted by Gasteiger charge is 2.08.